The summed E-state index contributed by atoms with van der Waals surface area (Å²) in [6, 6.07) is 9.81. The molecule has 5 heteroatoms. The predicted molar refractivity (Wildman–Crippen MR) is 81.9 cm³/mol. The van der Waals surface area contributed by atoms with Crippen molar-refractivity contribution in [1.82, 2.24) is 0 Å². The SMILES string of the molecule is CCOc1cccc(N)c1C(=O)c1ccc(Cl)cc1Cl. The second kappa shape index (κ2) is 6.16. The largest absolute Gasteiger partial charge is 0.493 e. The number of hydrogen-bond acceptors (Lipinski definition) is 3. The molecule has 2 N–H and O–H groups in total. The van der Waals surface area contributed by atoms with E-state index < -0.39 is 0 Å². The average Bonchev–Trinajstić information content (AvgIpc) is 2.38. The Morgan fingerprint density at radius 3 is 2.65 bits per heavy atom. The molecule has 0 aliphatic heterocycles. The Balaban J connectivity index is 2.53. The maximum absolute atomic E-state index is 12.6. The molecule has 0 aromatic heterocycles. The Kier molecular flexibility index (Phi) is 4.53. The third-order valence-corrected chi connectivity index (χ3v) is 3.31. The molecule has 0 aliphatic carbocycles. The molecule has 0 atom stereocenters. The Morgan fingerprint density at radius 2 is 2.00 bits per heavy atom. The average molecular weight is 310 g/mol. The summed E-state index contributed by atoms with van der Waals surface area (Å²) in [6.07, 6.45) is 0. The number of ketones is 1. The molecule has 20 heavy (non-hydrogen) atoms. The van der Waals surface area contributed by atoms with Crippen molar-refractivity contribution in [3.63, 3.8) is 0 Å². The lowest BCUT2D eigenvalue weighted by atomic mass is 10.0. The first-order valence-electron chi connectivity index (χ1n) is 6.05. The van der Waals surface area contributed by atoms with Crippen molar-refractivity contribution >= 4 is 34.7 Å². The molecule has 2 aromatic rings. The summed E-state index contributed by atoms with van der Waals surface area (Å²) < 4.78 is 5.45. The van der Waals surface area contributed by atoms with E-state index in [4.69, 9.17) is 33.7 Å². The van der Waals surface area contributed by atoms with Gasteiger partial charge in [0.25, 0.3) is 0 Å². The maximum atomic E-state index is 12.6. The lowest BCUT2D eigenvalue weighted by Gasteiger charge is -2.12. The summed E-state index contributed by atoms with van der Waals surface area (Å²) in [4.78, 5) is 12.6. The highest BCUT2D eigenvalue weighted by Crippen LogP contribution is 2.30. The van der Waals surface area contributed by atoms with Crippen LogP contribution in [0.15, 0.2) is 36.4 Å². The Labute approximate surface area is 127 Å². The lowest BCUT2D eigenvalue weighted by Crippen LogP contribution is -2.09. The van der Waals surface area contributed by atoms with Gasteiger partial charge in [0.2, 0.25) is 0 Å². The number of nitrogen functional groups attached to an aromatic ring is 1. The predicted octanol–water partition coefficient (Wildman–Crippen LogP) is 4.21. The van der Waals surface area contributed by atoms with Gasteiger partial charge in [-0.15, -0.1) is 0 Å². The quantitative estimate of drug-likeness (QED) is 0.680. The summed E-state index contributed by atoms with van der Waals surface area (Å²) >= 11 is 11.9. The molecule has 0 saturated heterocycles. The molecule has 2 rings (SSSR count). The minimum Gasteiger partial charge on any atom is -0.493 e. The number of halogens is 2. The zero-order valence-electron chi connectivity index (χ0n) is 10.8. The molecule has 0 saturated carbocycles. The van der Waals surface area contributed by atoms with Gasteiger partial charge in [-0.1, -0.05) is 29.3 Å². The van der Waals surface area contributed by atoms with Crippen LogP contribution >= 0.6 is 23.2 Å². The van der Waals surface area contributed by atoms with Gasteiger partial charge in [0.15, 0.2) is 5.78 Å². The van der Waals surface area contributed by atoms with Crippen LogP contribution in [0.25, 0.3) is 0 Å². The summed E-state index contributed by atoms with van der Waals surface area (Å²) in [5.74, 6) is 0.164. The van der Waals surface area contributed by atoms with Crippen LogP contribution in [-0.2, 0) is 0 Å². The number of ether oxygens (including phenoxy) is 1. The van der Waals surface area contributed by atoms with Gasteiger partial charge in [-0.2, -0.15) is 0 Å². The van der Waals surface area contributed by atoms with Gasteiger partial charge in [-0.05, 0) is 37.3 Å². The fourth-order valence-electron chi connectivity index (χ4n) is 1.88. The zero-order chi connectivity index (χ0) is 14.7. The number of rotatable bonds is 4. The second-order valence-corrected chi connectivity index (χ2v) is 4.95. The molecule has 0 aliphatic rings. The zero-order valence-corrected chi connectivity index (χ0v) is 12.3. The van der Waals surface area contributed by atoms with Crippen molar-refractivity contribution < 1.29 is 9.53 Å². The van der Waals surface area contributed by atoms with Crippen LogP contribution in [0.5, 0.6) is 5.75 Å². The molecule has 0 heterocycles. The van der Waals surface area contributed by atoms with E-state index in [9.17, 15) is 4.79 Å². The first-order valence-corrected chi connectivity index (χ1v) is 6.81. The summed E-state index contributed by atoms with van der Waals surface area (Å²) in [7, 11) is 0. The molecule has 104 valence electrons. The van der Waals surface area contributed by atoms with Crippen LogP contribution in [0.1, 0.15) is 22.8 Å². The fraction of sp³-hybridized carbons (Fsp3) is 0.133. The fourth-order valence-corrected chi connectivity index (χ4v) is 2.37. The van der Waals surface area contributed by atoms with Gasteiger partial charge in [-0.3, -0.25) is 4.79 Å². The van der Waals surface area contributed by atoms with Gasteiger partial charge in [-0.25, -0.2) is 0 Å². The van der Waals surface area contributed by atoms with E-state index in [1.54, 1.807) is 30.3 Å². The molecule has 0 unspecified atom stereocenters. The van der Waals surface area contributed by atoms with Crippen LogP contribution in [0.4, 0.5) is 5.69 Å². The molecule has 0 amide bonds. The van der Waals surface area contributed by atoms with E-state index >= 15 is 0 Å². The van der Waals surface area contributed by atoms with Gasteiger partial charge >= 0.3 is 0 Å². The highest BCUT2D eigenvalue weighted by molar-refractivity contribution is 6.37. The van der Waals surface area contributed by atoms with Crippen molar-refractivity contribution in [2.75, 3.05) is 12.3 Å². The number of hydrogen-bond donors (Lipinski definition) is 1. The molecule has 3 nitrogen and oxygen atoms in total. The number of benzene rings is 2. The summed E-state index contributed by atoms with van der Waals surface area (Å²) in [6.45, 7) is 2.28. The number of carbonyl (C=O) groups is 1. The maximum Gasteiger partial charge on any atom is 0.200 e. The minimum atomic E-state index is -0.284. The van der Waals surface area contributed by atoms with E-state index in [0.717, 1.165) is 0 Å². The van der Waals surface area contributed by atoms with Crippen molar-refractivity contribution in [2.24, 2.45) is 0 Å². The molecule has 2 aromatic carbocycles. The second-order valence-electron chi connectivity index (χ2n) is 4.11. The third kappa shape index (κ3) is 2.89. The summed E-state index contributed by atoms with van der Waals surface area (Å²) in [5, 5.41) is 0.755. The van der Waals surface area contributed by atoms with Gasteiger partial charge < -0.3 is 10.5 Å². The Bertz CT molecular complexity index is 656. The Morgan fingerprint density at radius 1 is 1.25 bits per heavy atom. The minimum absolute atomic E-state index is 0.284. The molecule has 0 radical (unpaired) electrons. The smallest absolute Gasteiger partial charge is 0.200 e. The van der Waals surface area contributed by atoms with Gasteiger partial charge in [0.05, 0.1) is 17.2 Å². The normalized spacial score (nSPS) is 10.3. The van der Waals surface area contributed by atoms with E-state index in [-0.39, 0.29) is 10.8 Å². The van der Waals surface area contributed by atoms with Crippen LogP contribution in [-0.4, -0.2) is 12.4 Å². The van der Waals surface area contributed by atoms with Crippen LogP contribution < -0.4 is 10.5 Å². The molecule has 0 bridgehead atoms. The highest BCUT2D eigenvalue weighted by atomic mass is 35.5. The molecular formula is C15H13Cl2NO2. The lowest BCUT2D eigenvalue weighted by molar-refractivity contribution is 0.103. The first kappa shape index (κ1) is 14.7. The van der Waals surface area contributed by atoms with Crippen LogP contribution in [0, 0.1) is 0 Å². The van der Waals surface area contributed by atoms with Crippen LogP contribution in [0.2, 0.25) is 10.0 Å². The molecular weight excluding hydrogens is 297 g/mol. The van der Waals surface area contributed by atoms with Crippen molar-refractivity contribution in [1.29, 1.82) is 0 Å². The van der Waals surface area contributed by atoms with Gasteiger partial charge in [0, 0.05) is 16.3 Å². The van der Waals surface area contributed by atoms with E-state index in [1.807, 2.05) is 6.92 Å². The van der Waals surface area contributed by atoms with E-state index in [2.05, 4.69) is 0 Å². The van der Waals surface area contributed by atoms with Crippen molar-refractivity contribution in [3.05, 3.63) is 57.6 Å². The van der Waals surface area contributed by atoms with Crippen molar-refractivity contribution in [2.45, 2.75) is 6.92 Å². The van der Waals surface area contributed by atoms with Crippen molar-refractivity contribution in [3.8, 4) is 5.75 Å². The topological polar surface area (TPSA) is 52.3 Å². The number of anilines is 1. The van der Waals surface area contributed by atoms with E-state index in [0.29, 0.717) is 34.2 Å². The first-order chi connectivity index (χ1) is 9.54. The van der Waals surface area contributed by atoms with E-state index in [1.165, 1.54) is 6.07 Å². The number of carbonyl (C=O) groups excluding carboxylic acids is 1. The molecule has 0 spiro atoms. The number of nitrogens with two attached hydrogens (primary N) is 1. The highest BCUT2D eigenvalue weighted by Gasteiger charge is 2.20. The van der Waals surface area contributed by atoms with Gasteiger partial charge in [0.1, 0.15) is 5.75 Å². The third-order valence-electron chi connectivity index (χ3n) is 2.76. The molecule has 0 fully saturated rings. The van der Waals surface area contributed by atoms with Crippen LogP contribution in [0.3, 0.4) is 0 Å². The standard InChI is InChI=1S/C15H13Cl2NO2/c1-2-20-13-5-3-4-12(18)14(13)15(19)10-7-6-9(16)8-11(10)17/h3-8H,2,18H2,1H3. The monoisotopic (exact) mass is 309 g/mol. The Hall–Kier alpha value is -1.71. The summed E-state index contributed by atoms with van der Waals surface area (Å²) in [5.41, 5.74) is 6.91.